The van der Waals surface area contributed by atoms with Crippen LogP contribution in [-0.2, 0) is 19.1 Å². The fourth-order valence-electron chi connectivity index (χ4n) is 11.1. The van der Waals surface area contributed by atoms with Gasteiger partial charge in [0.25, 0.3) is 0 Å². The van der Waals surface area contributed by atoms with E-state index in [1.54, 1.807) is 72.2 Å². The SMILES string of the molecule is CCOC(=O)C12C(c3ccccc3)C3C4N(C(=O)Oc5ccccc5)C1C1C(c5ccccc5)C4(C(=O)OCC)C3N(C(=O)Oc3ccccc3)C12. The molecule has 10 nitrogen and oxygen atoms in total. The number of amides is 2. The average Bonchev–Trinajstić information content (AvgIpc) is 3.14. The zero-order valence-corrected chi connectivity index (χ0v) is 28.7. The van der Waals surface area contributed by atoms with E-state index in [9.17, 15) is 19.2 Å². The van der Waals surface area contributed by atoms with E-state index in [1.165, 1.54) is 0 Å². The Balaban J connectivity index is 1.31. The number of para-hydroxylation sites is 2. The number of rotatable bonds is 8. The van der Waals surface area contributed by atoms with Crippen molar-refractivity contribution in [1.82, 2.24) is 9.80 Å². The topological polar surface area (TPSA) is 112 Å². The quantitative estimate of drug-likeness (QED) is 0.194. The van der Waals surface area contributed by atoms with Gasteiger partial charge in [0.15, 0.2) is 0 Å². The second-order valence-electron chi connectivity index (χ2n) is 14.2. The lowest BCUT2D eigenvalue weighted by atomic mass is 9.23. The summed E-state index contributed by atoms with van der Waals surface area (Å²) in [5.41, 5.74) is -1.04. The van der Waals surface area contributed by atoms with Gasteiger partial charge < -0.3 is 18.9 Å². The van der Waals surface area contributed by atoms with Gasteiger partial charge in [-0.3, -0.25) is 19.4 Å². The highest BCUT2D eigenvalue weighted by atomic mass is 16.6. The number of esters is 2. The Hall–Kier alpha value is -5.64. The van der Waals surface area contributed by atoms with Crippen molar-refractivity contribution < 1.29 is 38.1 Å². The Labute approximate surface area is 301 Å². The number of piperidine rings is 4. The predicted molar refractivity (Wildman–Crippen MR) is 187 cm³/mol. The first-order valence-electron chi connectivity index (χ1n) is 18.0. The van der Waals surface area contributed by atoms with Crippen LogP contribution in [0.15, 0.2) is 121 Å². The highest BCUT2D eigenvalue weighted by molar-refractivity contribution is 5.94. The van der Waals surface area contributed by atoms with E-state index in [1.807, 2.05) is 72.8 Å². The first-order chi connectivity index (χ1) is 25.4. The van der Waals surface area contributed by atoms with Gasteiger partial charge in [-0.1, -0.05) is 97.1 Å². The first-order valence-corrected chi connectivity index (χ1v) is 18.0. The maximum absolute atomic E-state index is 15.0. The highest BCUT2D eigenvalue weighted by Crippen LogP contribution is 2.85. The van der Waals surface area contributed by atoms with Crippen molar-refractivity contribution in [3.05, 3.63) is 132 Å². The summed E-state index contributed by atoms with van der Waals surface area (Å²) in [5.74, 6) is -2.46. The molecule has 6 fully saturated rings. The molecule has 10 heteroatoms. The van der Waals surface area contributed by atoms with E-state index in [-0.39, 0.29) is 13.2 Å². The van der Waals surface area contributed by atoms with Crippen LogP contribution in [0.25, 0.3) is 0 Å². The Morgan fingerprint density at radius 1 is 0.500 bits per heavy atom. The summed E-state index contributed by atoms with van der Waals surface area (Å²) in [7, 11) is 0. The minimum atomic E-state index is -1.40. The number of benzene rings is 4. The maximum atomic E-state index is 15.0. The fraction of sp³-hybridized carbons (Fsp3) is 0.333. The van der Waals surface area contributed by atoms with E-state index in [0.29, 0.717) is 11.5 Å². The zero-order valence-electron chi connectivity index (χ0n) is 28.7. The molecule has 4 aliphatic heterocycles. The lowest BCUT2D eigenvalue weighted by Gasteiger charge is -2.89. The third-order valence-corrected chi connectivity index (χ3v) is 12.3. The Kier molecular flexibility index (Phi) is 7.43. The van der Waals surface area contributed by atoms with Crippen LogP contribution < -0.4 is 9.47 Å². The molecule has 0 aromatic heterocycles. The monoisotopic (exact) mass is 698 g/mol. The lowest BCUT2D eigenvalue weighted by Crippen LogP contribution is -3.03. The molecule has 4 aromatic rings. The van der Waals surface area contributed by atoms with E-state index in [4.69, 9.17) is 18.9 Å². The van der Waals surface area contributed by atoms with Crippen LogP contribution in [0.3, 0.4) is 0 Å². The van der Waals surface area contributed by atoms with Gasteiger partial charge >= 0.3 is 24.1 Å². The number of nitrogens with zero attached hydrogens (tertiary/aromatic N) is 2. The molecular weight excluding hydrogens is 660 g/mol. The van der Waals surface area contributed by atoms with E-state index in [2.05, 4.69) is 0 Å². The zero-order chi connectivity index (χ0) is 35.8. The predicted octanol–water partition coefficient (Wildman–Crippen LogP) is 6.43. The van der Waals surface area contributed by atoms with Gasteiger partial charge in [-0.05, 0) is 49.2 Å². The van der Waals surface area contributed by atoms with Crippen molar-refractivity contribution in [2.45, 2.75) is 49.9 Å². The fourth-order valence-corrected chi connectivity index (χ4v) is 11.1. The van der Waals surface area contributed by atoms with Crippen LogP contribution in [0.2, 0.25) is 0 Å². The molecule has 10 rings (SSSR count). The summed E-state index contributed by atoms with van der Waals surface area (Å²) >= 11 is 0. The molecule has 2 aliphatic carbocycles. The van der Waals surface area contributed by atoms with Crippen molar-refractivity contribution >= 4 is 24.1 Å². The normalized spacial score (nSPS) is 32.6. The molecule has 4 heterocycles. The maximum Gasteiger partial charge on any atom is 0.415 e. The molecule has 0 N–H and O–H groups in total. The van der Waals surface area contributed by atoms with Gasteiger partial charge in [0.2, 0.25) is 0 Å². The van der Waals surface area contributed by atoms with E-state index in [0.717, 1.165) is 11.1 Å². The Morgan fingerprint density at radius 3 is 1.12 bits per heavy atom. The molecule has 264 valence electrons. The summed E-state index contributed by atoms with van der Waals surface area (Å²) < 4.78 is 24.1. The van der Waals surface area contributed by atoms with Gasteiger partial charge in [-0.15, -0.1) is 0 Å². The minimum Gasteiger partial charge on any atom is -0.465 e. The molecule has 8 bridgehead atoms. The largest absolute Gasteiger partial charge is 0.465 e. The van der Waals surface area contributed by atoms with Gasteiger partial charge in [0.1, 0.15) is 22.3 Å². The van der Waals surface area contributed by atoms with Gasteiger partial charge in [0, 0.05) is 23.7 Å². The van der Waals surface area contributed by atoms with Crippen LogP contribution in [0, 0.1) is 22.7 Å². The average molecular weight is 699 g/mol. The first kappa shape index (κ1) is 32.3. The second kappa shape index (κ2) is 12.0. The Morgan fingerprint density at radius 2 is 0.808 bits per heavy atom. The Bertz CT molecular complexity index is 1860. The van der Waals surface area contributed by atoms with Crippen LogP contribution in [0.4, 0.5) is 9.59 Å². The van der Waals surface area contributed by atoms with Crippen LogP contribution >= 0.6 is 0 Å². The summed E-state index contributed by atoms with van der Waals surface area (Å²) in [6.45, 7) is 3.70. The van der Waals surface area contributed by atoms with Crippen molar-refractivity contribution in [2.24, 2.45) is 22.7 Å². The summed E-state index contributed by atoms with van der Waals surface area (Å²) in [4.78, 5) is 62.7. The highest BCUT2D eigenvalue weighted by Gasteiger charge is 2.97. The third kappa shape index (κ3) is 4.00. The van der Waals surface area contributed by atoms with Gasteiger partial charge in [-0.25, -0.2) is 9.59 Å². The molecule has 4 saturated heterocycles. The van der Waals surface area contributed by atoms with E-state index >= 15 is 0 Å². The van der Waals surface area contributed by atoms with Crippen molar-refractivity contribution in [1.29, 1.82) is 0 Å². The second-order valence-corrected chi connectivity index (χ2v) is 14.2. The molecule has 6 atom stereocenters. The molecular formula is C42H38N2O8. The number of hydrogen-bond donors (Lipinski definition) is 0. The van der Waals surface area contributed by atoms with Gasteiger partial charge in [-0.2, -0.15) is 0 Å². The molecule has 6 unspecified atom stereocenters. The number of hydrogen-bond acceptors (Lipinski definition) is 8. The smallest absolute Gasteiger partial charge is 0.415 e. The molecule has 52 heavy (non-hydrogen) atoms. The number of ether oxygens (including phenoxy) is 4. The molecule has 2 saturated carbocycles. The number of carbonyl (C=O) groups is 4. The standard InChI is InChI=1S/C42H38N2O8/c1-3-49-37(45)41-31(25-17-9-5-10-18-25)29-35-42(38(46)50-4-2)32(26-19-11-6-12-20-26)30(33(41)43(35)39(47)51-27-21-13-7-14-22-27)34(41)44(36(29)42)40(48)52-28-23-15-8-16-24-28/h5-24,29-36H,3-4H2,1-2H3. The van der Waals surface area contributed by atoms with Crippen molar-refractivity contribution in [3.8, 4) is 11.5 Å². The lowest BCUT2D eigenvalue weighted by molar-refractivity contribution is -0.382. The van der Waals surface area contributed by atoms with Crippen LogP contribution in [0.1, 0.15) is 36.8 Å². The molecule has 0 spiro atoms. The molecule has 2 amide bonds. The molecule has 4 aromatic carbocycles. The van der Waals surface area contributed by atoms with Crippen LogP contribution in [0.5, 0.6) is 11.5 Å². The third-order valence-electron chi connectivity index (χ3n) is 12.3. The van der Waals surface area contributed by atoms with Crippen molar-refractivity contribution in [3.63, 3.8) is 0 Å². The number of carbonyl (C=O) groups excluding carboxylic acids is 4. The summed E-state index contributed by atoms with van der Waals surface area (Å²) in [5, 5.41) is 0. The van der Waals surface area contributed by atoms with Crippen LogP contribution in [-0.4, -0.2) is 71.3 Å². The van der Waals surface area contributed by atoms with Crippen molar-refractivity contribution in [2.75, 3.05) is 13.2 Å². The molecule has 6 aliphatic rings. The molecule has 0 radical (unpaired) electrons. The van der Waals surface area contributed by atoms with E-state index < -0.39 is 82.8 Å². The summed E-state index contributed by atoms with van der Waals surface area (Å²) in [6, 6.07) is 33.8. The minimum absolute atomic E-state index is 0.0987. The summed E-state index contributed by atoms with van der Waals surface area (Å²) in [6.07, 6.45) is -1.32. The van der Waals surface area contributed by atoms with Gasteiger partial charge in [0.05, 0.1) is 37.4 Å².